The van der Waals surface area contributed by atoms with Gasteiger partial charge in [-0.25, -0.2) is 0 Å². The first kappa shape index (κ1) is 14.9. The molecule has 0 spiro atoms. The maximum atomic E-state index is 12.0. The molecule has 0 fully saturated rings. The number of nitrogens with one attached hydrogen (secondary N) is 1. The van der Waals surface area contributed by atoms with Gasteiger partial charge in [0, 0.05) is 12.6 Å². The molecule has 0 aliphatic heterocycles. The van der Waals surface area contributed by atoms with Gasteiger partial charge in [0.1, 0.15) is 5.75 Å². The van der Waals surface area contributed by atoms with E-state index in [9.17, 15) is 20.0 Å². The summed E-state index contributed by atoms with van der Waals surface area (Å²) in [5.41, 5.74) is -0.471. The number of methoxy groups -OCH3 is 1. The van der Waals surface area contributed by atoms with Gasteiger partial charge < -0.3 is 15.2 Å². The van der Waals surface area contributed by atoms with Crippen molar-refractivity contribution in [2.75, 3.05) is 13.7 Å². The predicted molar refractivity (Wildman–Crippen MR) is 68.3 cm³/mol. The van der Waals surface area contributed by atoms with E-state index in [4.69, 9.17) is 4.74 Å². The second-order valence-electron chi connectivity index (χ2n) is 3.88. The third kappa shape index (κ3) is 3.65. The van der Waals surface area contributed by atoms with Crippen LogP contribution in [-0.4, -0.2) is 35.7 Å². The van der Waals surface area contributed by atoms with Crippen molar-refractivity contribution in [3.63, 3.8) is 0 Å². The first-order valence-electron chi connectivity index (χ1n) is 5.78. The zero-order valence-corrected chi connectivity index (χ0v) is 10.8. The number of amides is 1. The number of benzene rings is 1. The van der Waals surface area contributed by atoms with Gasteiger partial charge in [-0.15, -0.1) is 0 Å². The highest BCUT2D eigenvalue weighted by atomic mass is 16.6. The topological polar surface area (TPSA) is 102 Å². The van der Waals surface area contributed by atoms with E-state index in [-0.39, 0.29) is 23.5 Å². The Morgan fingerprint density at radius 3 is 2.79 bits per heavy atom. The molecule has 1 aromatic rings. The van der Waals surface area contributed by atoms with E-state index in [1.807, 2.05) is 0 Å². The van der Waals surface area contributed by atoms with Crippen molar-refractivity contribution in [1.29, 1.82) is 0 Å². The minimum Gasteiger partial charge on any atom is -0.496 e. The van der Waals surface area contributed by atoms with Crippen molar-refractivity contribution in [1.82, 2.24) is 5.32 Å². The van der Waals surface area contributed by atoms with E-state index in [0.717, 1.165) is 0 Å². The van der Waals surface area contributed by atoms with Crippen LogP contribution in [0.25, 0.3) is 0 Å². The third-order valence-corrected chi connectivity index (χ3v) is 2.62. The van der Waals surface area contributed by atoms with Crippen molar-refractivity contribution in [3.8, 4) is 5.75 Å². The van der Waals surface area contributed by atoms with E-state index >= 15 is 0 Å². The van der Waals surface area contributed by atoms with Gasteiger partial charge >= 0.3 is 0 Å². The van der Waals surface area contributed by atoms with Crippen molar-refractivity contribution < 1.29 is 19.6 Å². The van der Waals surface area contributed by atoms with Gasteiger partial charge in [0.05, 0.1) is 18.1 Å². The summed E-state index contributed by atoms with van der Waals surface area (Å²) < 4.78 is 4.96. The number of rotatable bonds is 6. The van der Waals surface area contributed by atoms with Gasteiger partial charge in [-0.1, -0.05) is 13.0 Å². The van der Waals surface area contributed by atoms with Crippen LogP contribution in [0.2, 0.25) is 0 Å². The van der Waals surface area contributed by atoms with E-state index in [1.165, 1.54) is 25.3 Å². The number of nitrogens with zero attached hydrogens (tertiary/aromatic N) is 1. The van der Waals surface area contributed by atoms with Crippen molar-refractivity contribution >= 4 is 11.6 Å². The second kappa shape index (κ2) is 6.69. The molecule has 19 heavy (non-hydrogen) atoms. The molecular weight excluding hydrogens is 252 g/mol. The number of nitro benzene ring substituents is 1. The molecular formula is C12H16N2O5. The lowest BCUT2D eigenvalue weighted by atomic mass is 10.1. The first-order chi connectivity index (χ1) is 9.01. The number of carbonyl (C=O) groups is 1. The molecule has 0 saturated carbocycles. The van der Waals surface area contributed by atoms with Crippen molar-refractivity contribution in [2.24, 2.45) is 0 Å². The minimum atomic E-state index is -0.683. The van der Waals surface area contributed by atoms with Crippen LogP contribution in [0.5, 0.6) is 5.75 Å². The highest BCUT2D eigenvalue weighted by Crippen LogP contribution is 2.27. The molecule has 7 nitrogen and oxygen atoms in total. The van der Waals surface area contributed by atoms with Crippen LogP contribution in [0.4, 0.5) is 5.69 Å². The lowest BCUT2D eigenvalue weighted by Gasteiger charge is -2.11. The molecule has 1 amide bonds. The SMILES string of the molecule is CCC(O)CNC(=O)c1c(OC)cccc1[N+](=O)[O-]. The molecule has 1 aromatic carbocycles. The van der Waals surface area contributed by atoms with E-state index in [0.29, 0.717) is 6.42 Å². The van der Waals surface area contributed by atoms with Crippen LogP contribution in [0.15, 0.2) is 18.2 Å². The Morgan fingerprint density at radius 1 is 1.58 bits per heavy atom. The molecule has 1 unspecified atom stereocenters. The quantitative estimate of drug-likeness (QED) is 0.594. The highest BCUT2D eigenvalue weighted by Gasteiger charge is 2.24. The van der Waals surface area contributed by atoms with Crippen LogP contribution in [0, 0.1) is 10.1 Å². The smallest absolute Gasteiger partial charge is 0.285 e. The van der Waals surface area contributed by atoms with E-state index < -0.39 is 16.9 Å². The van der Waals surface area contributed by atoms with Crippen LogP contribution in [0.1, 0.15) is 23.7 Å². The van der Waals surface area contributed by atoms with Gasteiger partial charge in [-0.3, -0.25) is 14.9 Å². The Kier molecular flexibility index (Phi) is 5.25. The van der Waals surface area contributed by atoms with Gasteiger partial charge in [-0.2, -0.15) is 0 Å². The summed E-state index contributed by atoms with van der Waals surface area (Å²) in [6.45, 7) is 1.80. The largest absolute Gasteiger partial charge is 0.496 e. The van der Waals surface area contributed by atoms with Crippen LogP contribution in [-0.2, 0) is 0 Å². The number of nitro groups is 1. The monoisotopic (exact) mass is 268 g/mol. The lowest BCUT2D eigenvalue weighted by Crippen LogP contribution is -2.32. The van der Waals surface area contributed by atoms with Crippen LogP contribution in [0.3, 0.4) is 0 Å². The fourth-order valence-corrected chi connectivity index (χ4v) is 1.51. The second-order valence-corrected chi connectivity index (χ2v) is 3.88. The van der Waals surface area contributed by atoms with Crippen molar-refractivity contribution in [2.45, 2.75) is 19.4 Å². The van der Waals surface area contributed by atoms with Gasteiger partial charge in [0.15, 0.2) is 5.56 Å². The number of aliphatic hydroxyl groups excluding tert-OH is 1. The fraction of sp³-hybridized carbons (Fsp3) is 0.417. The summed E-state index contributed by atoms with van der Waals surface area (Å²) in [5, 5.41) is 22.7. The predicted octanol–water partition coefficient (Wildman–Crippen LogP) is 1.10. The third-order valence-electron chi connectivity index (χ3n) is 2.62. The molecule has 2 N–H and O–H groups in total. The van der Waals surface area contributed by atoms with Crippen LogP contribution >= 0.6 is 0 Å². The molecule has 0 bridgehead atoms. The lowest BCUT2D eigenvalue weighted by molar-refractivity contribution is -0.385. The number of hydrogen-bond acceptors (Lipinski definition) is 5. The summed E-state index contributed by atoms with van der Waals surface area (Å²) >= 11 is 0. The molecule has 0 aliphatic rings. The maximum Gasteiger partial charge on any atom is 0.285 e. The van der Waals surface area contributed by atoms with Gasteiger partial charge in [0.25, 0.3) is 11.6 Å². The molecule has 1 rings (SSSR count). The number of hydrogen-bond donors (Lipinski definition) is 2. The Bertz CT molecular complexity index is 475. The molecule has 0 radical (unpaired) electrons. The minimum absolute atomic E-state index is 0.0323. The van der Waals surface area contributed by atoms with E-state index in [1.54, 1.807) is 6.92 Å². The molecule has 0 aliphatic carbocycles. The highest BCUT2D eigenvalue weighted by molar-refractivity contribution is 6.00. The van der Waals surface area contributed by atoms with Crippen LogP contribution < -0.4 is 10.1 Å². The Morgan fingerprint density at radius 2 is 2.26 bits per heavy atom. The zero-order valence-electron chi connectivity index (χ0n) is 10.8. The van der Waals surface area contributed by atoms with Gasteiger partial charge in [0.2, 0.25) is 0 Å². The normalized spacial score (nSPS) is 11.7. The fourth-order valence-electron chi connectivity index (χ4n) is 1.51. The molecule has 0 saturated heterocycles. The summed E-state index contributed by atoms with van der Waals surface area (Å²) in [6.07, 6.45) is -0.202. The van der Waals surface area contributed by atoms with Gasteiger partial charge in [-0.05, 0) is 12.5 Å². The number of aliphatic hydroxyl groups is 1. The molecule has 1 atom stereocenters. The molecule has 0 aromatic heterocycles. The first-order valence-corrected chi connectivity index (χ1v) is 5.78. The Hall–Kier alpha value is -2.15. The Labute approximate surface area is 110 Å². The summed E-state index contributed by atoms with van der Waals surface area (Å²) in [4.78, 5) is 22.2. The maximum absolute atomic E-state index is 12.0. The summed E-state index contributed by atoms with van der Waals surface area (Å²) in [5.74, 6) is -0.519. The zero-order chi connectivity index (χ0) is 14.4. The van der Waals surface area contributed by atoms with Crippen molar-refractivity contribution in [3.05, 3.63) is 33.9 Å². The standard InChI is InChI=1S/C12H16N2O5/c1-3-8(15)7-13-12(16)11-9(14(17)18)5-4-6-10(11)19-2/h4-6,8,15H,3,7H2,1-2H3,(H,13,16). The average Bonchev–Trinajstić information content (AvgIpc) is 2.43. The molecule has 7 heteroatoms. The number of carbonyl (C=O) groups excluding carboxylic acids is 1. The summed E-state index contributed by atoms with van der Waals surface area (Å²) in [7, 11) is 1.33. The Balaban J connectivity index is 3.03. The van der Waals surface area contributed by atoms with E-state index in [2.05, 4.69) is 5.32 Å². The molecule has 104 valence electrons. The summed E-state index contributed by atoms with van der Waals surface area (Å²) in [6, 6.07) is 4.14. The molecule has 0 heterocycles. The average molecular weight is 268 g/mol. The number of ether oxygens (including phenoxy) is 1.